The van der Waals surface area contributed by atoms with Gasteiger partial charge >= 0.3 is 0 Å². The van der Waals surface area contributed by atoms with Gasteiger partial charge in [0, 0.05) is 5.69 Å². The molecule has 88 valence electrons. The van der Waals surface area contributed by atoms with Crippen LogP contribution in [0.4, 0.5) is 5.69 Å². The summed E-state index contributed by atoms with van der Waals surface area (Å²) in [5.41, 5.74) is 7.95. The maximum atomic E-state index is 10.2. The Kier molecular flexibility index (Phi) is 3.30. The number of nitrogen functional groups attached to an aromatic ring is 1. The van der Waals surface area contributed by atoms with Crippen LogP contribution in [0.1, 0.15) is 17.2 Å². The molecule has 0 radical (unpaired) electrons. The number of ether oxygens (including phenoxy) is 1. The summed E-state index contributed by atoms with van der Waals surface area (Å²) < 4.78 is 5.07. The predicted molar refractivity (Wildman–Crippen MR) is 67.9 cm³/mol. The Hall–Kier alpha value is -2.00. The smallest absolute Gasteiger partial charge is 0.118 e. The van der Waals surface area contributed by atoms with Crippen LogP contribution < -0.4 is 10.5 Å². The number of aliphatic hydroxyl groups is 1. The zero-order chi connectivity index (χ0) is 12.3. The second-order valence-electron chi connectivity index (χ2n) is 3.84. The zero-order valence-corrected chi connectivity index (χ0v) is 9.63. The van der Waals surface area contributed by atoms with E-state index in [2.05, 4.69) is 0 Å². The van der Waals surface area contributed by atoms with Crippen LogP contribution in [-0.2, 0) is 0 Å². The number of methoxy groups -OCH3 is 1. The summed E-state index contributed by atoms with van der Waals surface area (Å²) in [7, 11) is 1.62. The minimum Gasteiger partial charge on any atom is -0.497 e. The van der Waals surface area contributed by atoms with Crippen molar-refractivity contribution >= 4 is 5.69 Å². The molecular weight excluding hydrogens is 214 g/mol. The van der Waals surface area contributed by atoms with Gasteiger partial charge in [0.15, 0.2) is 0 Å². The van der Waals surface area contributed by atoms with E-state index in [0.717, 1.165) is 16.9 Å². The molecule has 0 aliphatic rings. The largest absolute Gasteiger partial charge is 0.497 e. The average molecular weight is 229 g/mol. The summed E-state index contributed by atoms with van der Waals surface area (Å²) in [6.07, 6.45) is -0.637. The van der Waals surface area contributed by atoms with E-state index >= 15 is 0 Å². The van der Waals surface area contributed by atoms with Gasteiger partial charge in [-0.25, -0.2) is 0 Å². The van der Waals surface area contributed by atoms with Gasteiger partial charge in [0.05, 0.1) is 7.11 Å². The van der Waals surface area contributed by atoms with Crippen LogP contribution in [0.3, 0.4) is 0 Å². The van der Waals surface area contributed by atoms with Gasteiger partial charge < -0.3 is 15.6 Å². The van der Waals surface area contributed by atoms with Crippen molar-refractivity contribution in [1.29, 1.82) is 0 Å². The summed E-state index contributed by atoms with van der Waals surface area (Å²) in [6, 6.07) is 14.6. The van der Waals surface area contributed by atoms with Crippen LogP contribution in [0.5, 0.6) is 5.75 Å². The Morgan fingerprint density at radius 2 is 1.41 bits per heavy atom. The van der Waals surface area contributed by atoms with Gasteiger partial charge in [0.1, 0.15) is 11.9 Å². The van der Waals surface area contributed by atoms with E-state index < -0.39 is 6.10 Å². The number of anilines is 1. The molecule has 17 heavy (non-hydrogen) atoms. The van der Waals surface area contributed by atoms with Crippen molar-refractivity contribution in [3.05, 3.63) is 59.7 Å². The molecule has 0 heterocycles. The third-order valence-corrected chi connectivity index (χ3v) is 2.68. The maximum Gasteiger partial charge on any atom is 0.118 e. The Balaban J connectivity index is 2.23. The first kappa shape index (κ1) is 11.5. The number of hydrogen-bond acceptors (Lipinski definition) is 3. The van der Waals surface area contributed by atoms with E-state index in [4.69, 9.17) is 10.5 Å². The van der Waals surface area contributed by atoms with Crippen LogP contribution >= 0.6 is 0 Å². The van der Waals surface area contributed by atoms with Crippen LogP contribution in [0, 0.1) is 0 Å². The Morgan fingerprint density at radius 1 is 0.941 bits per heavy atom. The van der Waals surface area contributed by atoms with Crippen LogP contribution in [0.15, 0.2) is 48.5 Å². The SMILES string of the molecule is COc1ccc([C@H](O)c2ccc(N)cc2)cc1. The van der Waals surface area contributed by atoms with Crippen molar-refractivity contribution in [2.45, 2.75) is 6.10 Å². The Morgan fingerprint density at radius 3 is 1.88 bits per heavy atom. The van der Waals surface area contributed by atoms with Crippen molar-refractivity contribution in [2.24, 2.45) is 0 Å². The Labute approximate surface area is 100 Å². The van der Waals surface area contributed by atoms with Gasteiger partial charge in [-0.3, -0.25) is 0 Å². The second-order valence-corrected chi connectivity index (χ2v) is 3.84. The van der Waals surface area contributed by atoms with Gasteiger partial charge in [0.2, 0.25) is 0 Å². The first-order chi connectivity index (χ1) is 8.20. The summed E-state index contributed by atoms with van der Waals surface area (Å²) in [5, 5.41) is 10.2. The molecule has 3 nitrogen and oxygen atoms in total. The summed E-state index contributed by atoms with van der Waals surface area (Å²) >= 11 is 0. The lowest BCUT2D eigenvalue weighted by Crippen LogP contribution is -1.99. The molecule has 0 unspecified atom stereocenters. The first-order valence-electron chi connectivity index (χ1n) is 5.38. The van der Waals surface area contributed by atoms with Crippen LogP contribution in [0.2, 0.25) is 0 Å². The highest BCUT2D eigenvalue weighted by atomic mass is 16.5. The van der Waals surface area contributed by atoms with Gasteiger partial charge in [-0.15, -0.1) is 0 Å². The fourth-order valence-corrected chi connectivity index (χ4v) is 1.66. The van der Waals surface area contributed by atoms with Crippen molar-refractivity contribution in [1.82, 2.24) is 0 Å². The quantitative estimate of drug-likeness (QED) is 0.794. The molecule has 0 fully saturated rings. The van der Waals surface area contributed by atoms with Gasteiger partial charge in [0.25, 0.3) is 0 Å². The topological polar surface area (TPSA) is 55.5 Å². The fourth-order valence-electron chi connectivity index (χ4n) is 1.66. The number of benzene rings is 2. The molecule has 0 bridgehead atoms. The lowest BCUT2D eigenvalue weighted by Gasteiger charge is -2.12. The molecule has 3 heteroatoms. The third-order valence-electron chi connectivity index (χ3n) is 2.68. The molecule has 0 saturated heterocycles. The number of nitrogens with two attached hydrogens (primary N) is 1. The Bertz CT molecular complexity index is 477. The monoisotopic (exact) mass is 229 g/mol. The van der Waals surface area contributed by atoms with Gasteiger partial charge in [-0.05, 0) is 35.4 Å². The van der Waals surface area contributed by atoms with Gasteiger partial charge in [-0.1, -0.05) is 24.3 Å². The molecule has 0 aliphatic carbocycles. The molecule has 2 rings (SSSR count). The molecule has 2 aromatic rings. The summed E-state index contributed by atoms with van der Waals surface area (Å²) in [6.45, 7) is 0. The summed E-state index contributed by atoms with van der Waals surface area (Å²) in [5.74, 6) is 0.776. The second kappa shape index (κ2) is 4.89. The summed E-state index contributed by atoms with van der Waals surface area (Å²) in [4.78, 5) is 0. The molecule has 0 aromatic heterocycles. The fraction of sp³-hybridized carbons (Fsp3) is 0.143. The zero-order valence-electron chi connectivity index (χ0n) is 9.63. The van der Waals surface area contributed by atoms with Crippen LogP contribution in [-0.4, -0.2) is 12.2 Å². The van der Waals surface area contributed by atoms with E-state index in [9.17, 15) is 5.11 Å². The third kappa shape index (κ3) is 2.57. The number of aliphatic hydroxyl groups excluding tert-OH is 1. The minimum absolute atomic E-state index is 0.637. The molecule has 0 aliphatic heterocycles. The normalized spacial score (nSPS) is 12.1. The lowest BCUT2D eigenvalue weighted by atomic mass is 10.0. The molecule has 2 aromatic carbocycles. The number of rotatable bonds is 3. The molecule has 0 spiro atoms. The highest BCUT2D eigenvalue weighted by molar-refractivity contribution is 5.42. The standard InChI is InChI=1S/C14H15NO2/c1-17-13-8-4-11(5-9-13)14(16)10-2-6-12(15)7-3-10/h2-9,14,16H,15H2,1H3/t14-/m1/s1. The molecule has 0 saturated carbocycles. The minimum atomic E-state index is -0.637. The van der Waals surface area contributed by atoms with E-state index in [1.165, 1.54) is 0 Å². The molecule has 3 N–H and O–H groups in total. The predicted octanol–water partition coefficient (Wildman–Crippen LogP) is 2.36. The van der Waals surface area contributed by atoms with E-state index in [-0.39, 0.29) is 0 Å². The van der Waals surface area contributed by atoms with Crippen molar-refractivity contribution in [3.8, 4) is 5.75 Å². The first-order valence-corrected chi connectivity index (χ1v) is 5.38. The number of hydrogen-bond donors (Lipinski definition) is 2. The van der Waals surface area contributed by atoms with E-state index in [0.29, 0.717) is 5.69 Å². The van der Waals surface area contributed by atoms with Crippen molar-refractivity contribution in [3.63, 3.8) is 0 Å². The average Bonchev–Trinajstić information content (AvgIpc) is 2.39. The van der Waals surface area contributed by atoms with E-state index in [1.54, 1.807) is 19.2 Å². The molecule has 0 amide bonds. The molecule has 1 atom stereocenters. The van der Waals surface area contributed by atoms with Crippen molar-refractivity contribution < 1.29 is 9.84 Å². The highest BCUT2D eigenvalue weighted by Gasteiger charge is 2.09. The van der Waals surface area contributed by atoms with Crippen LogP contribution in [0.25, 0.3) is 0 Å². The van der Waals surface area contributed by atoms with Gasteiger partial charge in [-0.2, -0.15) is 0 Å². The molecular formula is C14H15NO2. The van der Waals surface area contributed by atoms with Crippen molar-refractivity contribution in [2.75, 3.05) is 12.8 Å². The lowest BCUT2D eigenvalue weighted by molar-refractivity contribution is 0.220. The highest BCUT2D eigenvalue weighted by Crippen LogP contribution is 2.24. The maximum absolute atomic E-state index is 10.2. The van der Waals surface area contributed by atoms with E-state index in [1.807, 2.05) is 36.4 Å².